The van der Waals surface area contributed by atoms with E-state index in [0.717, 1.165) is 43.0 Å². The van der Waals surface area contributed by atoms with Crippen LogP contribution in [0.25, 0.3) is 0 Å². The van der Waals surface area contributed by atoms with Gasteiger partial charge < -0.3 is 9.88 Å². The lowest BCUT2D eigenvalue weighted by Gasteiger charge is -2.30. The number of hydrogen-bond donors (Lipinski definition) is 1. The largest absolute Gasteiger partial charge is 0.351 e. The Morgan fingerprint density at radius 1 is 1.04 bits per heavy atom. The number of halogens is 1. The number of nitrogens with one attached hydrogen (secondary N) is 1. The third kappa shape index (κ3) is 3.16. The quantitative estimate of drug-likeness (QED) is 0.805. The van der Waals surface area contributed by atoms with Crippen molar-refractivity contribution in [3.63, 3.8) is 0 Å². The number of rotatable bonds is 4. The zero-order valence-electron chi connectivity index (χ0n) is 13.7. The Labute approximate surface area is 151 Å². The van der Waals surface area contributed by atoms with E-state index in [0.29, 0.717) is 6.04 Å². The van der Waals surface area contributed by atoms with Crippen molar-refractivity contribution in [3.8, 4) is 0 Å². The molecule has 2 aliphatic rings. The molecule has 1 heterocycles. The highest BCUT2D eigenvalue weighted by atomic mass is 79.9. The summed E-state index contributed by atoms with van der Waals surface area (Å²) in [5.41, 5.74) is 1.13. The van der Waals surface area contributed by atoms with Gasteiger partial charge in [0.15, 0.2) is 0 Å². The molecule has 1 aromatic heterocycles. The zero-order valence-corrected chi connectivity index (χ0v) is 15.3. The second kappa shape index (κ2) is 6.40. The Kier molecular flexibility index (Phi) is 4.25. The molecule has 2 saturated carbocycles. The highest BCUT2D eigenvalue weighted by Gasteiger charge is 2.46. The molecule has 0 aliphatic heterocycles. The van der Waals surface area contributed by atoms with Crippen LogP contribution in [0.4, 0.5) is 0 Å². The van der Waals surface area contributed by atoms with Crippen LogP contribution in [0.15, 0.2) is 53.3 Å². The summed E-state index contributed by atoms with van der Waals surface area (Å²) in [4.78, 5) is 12.8. The summed E-state index contributed by atoms with van der Waals surface area (Å²) >= 11 is 3.48. The predicted molar refractivity (Wildman–Crippen MR) is 98.6 cm³/mol. The van der Waals surface area contributed by atoms with Crippen molar-refractivity contribution in [1.82, 2.24) is 9.88 Å². The summed E-state index contributed by atoms with van der Waals surface area (Å²) in [5.74, 6) is 0.422. The van der Waals surface area contributed by atoms with Crippen LogP contribution in [0.3, 0.4) is 0 Å². The molecule has 126 valence electrons. The van der Waals surface area contributed by atoms with Crippen LogP contribution in [0.2, 0.25) is 0 Å². The van der Waals surface area contributed by atoms with Gasteiger partial charge in [0.1, 0.15) is 0 Å². The maximum Gasteiger partial charge on any atom is 0.223 e. The predicted octanol–water partition coefficient (Wildman–Crippen LogP) is 4.79. The van der Waals surface area contributed by atoms with Crippen molar-refractivity contribution in [2.24, 2.45) is 5.92 Å². The topological polar surface area (TPSA) is 34.0 Å². The van der Waals surface area contributed by atoms with Crippen molar-refractivity contribution < 1.29 is 4.79 Å². The van der Waals surface area contributed by atoms with E-state index in [2.05, 4.69) is 74.6 Å². The average Bonchev–Trinajstić information content (AvgIpc) is 3.18. The minimum atomic E-state index is -0.102. The highest BCUT2D eigenvalue weighted by molar-refractivity contribution is 9.10. The van der Waals surface area contributed by atoms with Gasteiger partial charge in [-0.05, 0) is 68.4 Å². The van der Waals surface area contributed by atoms with E-state index in [-0.39, 0.29) is 17.4 Å². The average molecular weight is 387 g/mol. The minimum absolute atomic E-state index is 0.102. The Bertz CT molecular complexity index is 696. The van der Waals surface area contributed by atoms with Gasteiger partial charge in [-0.15, -0.1) is 0 Å². The summed E-state index contributed by atoms with van der Waals surface area (Å²) in [6.07, 6.45) is 10.6. The van der Waals surface area contributed by atoms with E-state index in [1.165, 1.54) is 5.56 Å². The lowest BCUT2D eigenvalue weighted by molar-refractivity contribution is -0.127. The van der Waals surface area contributed by atoms with Crippen LogP contribution < -0.4 is 5.32 Å². The summed E-state index contributed by atoms with van der Waals surface area (Å²) < 4.78 is 3.37. The van der Waals surface area contributed by atoms with Gasteiger partial charge in [0.2, 0.25) is 5.91 Å². The Balaban J connectivity index is 1.36. The number of hydrogen-bond acceptors (Lipinski definition) is 1. The normalized spacial score (nSPS) is 25.2. The second-order valence-corrected chi connectivity index (χ2v) is 8.13. The first kappa shape index (κ1) is 15.9. The molecule has 1 N–H and O–H groups in total. The van der Waals surface area contributed by atoms with Gasteiger partial charge in [-0.2, -0.15) is 0 Å². The third-order valence-electron chi connectivity index (χ3n) is 5.63. The highest BCUT2D eigenvalue weighted by Crippen LogP contribution is 2.46. The maximum atomic E-state index is 12.8. The number of nitrogens with zero attached hydrogens (tertiary/aromatic N) is 1. The molecule has 2 fully saturated rings. The molecule has 0 unspecified atom stereocenters. The van der Waals surface area contributed by atoms with Crippen molar-refractivity contribution >= 4 is 21.8 Å². The fourth-order valence-corrected chi connectivity index (χ4v) is 4.21. The molecule has 4 heteroatoms. The molecule has 0 bridgehead atoms. The molecule has 24 heavy (non-hydrogen) atoms. The lowest BCUT2D eigenvalue weighted by atomic mass is 9.85. The molecule has 2 aromatic rings. The summed E-state index contributed by atoms with van der Waals surface area (Å²) in [6.45, 7) is 0. The van der Waals surface area contributed by atoms with Crippen molar-refractivity contribution in [2.75, 3.05) is 0 Å². The van der Waals surface area contributed by atoms with E-state index < -0.39 is 0 Å². The van der Waals surface area contributed by atoms with Gasteiger partial charge in [-0.3, -0.25) is 4.79 Å². The minimum Gasteiger partial charge on any atom is -0.351 e. The fraction of sp³-hybridized carbons (Fsp3) is 0.450. The molecular weight excluding hydrogens is 364 g/mol. The Morgan fingerprint density at radius 3 is 2.25 bits per heavy atom. The summed E-state index contributed by atoms with van der Waals surface area (Å²) in [7, 11) is 0. The molecule has 4 rings (SSSR count). The van der Waals surface area contributed by atoms with E-state index in [1.54, 1.807) is 0 Å². The number of aromatic nitrogens is 1. The van der Waals surface area contributed by atoms with Gasteiger partial charge >= 0.3 is 0 Å². The SMILES string of the molecule is O=C(NC1(c2ccc(Br)cc2)CC1)C1CCC(n2cccc2)CC1. The van der Waals surface area contributed by atoms with E-state index >= 15 is 0 Å². The van der Waals surface area contributed by atoms with Gasteiger partial charge in [-0.25, -0.2) is 0 Å². The molecule has 0 spiro atoms. The van der Waals surface area contributed by atoms with E-state index in [4.69, 9.17) is 0 Å². The van der Waals surface area contributed by atoms with Crippen molar-refractivity contribution in [1.29, 1.82) is 0 Å². The van der Waals surface area contributed by atoms with Crippen LogP contribution in [0.1, 0.15) is 50.1 Å². The molecule has 3 nitrogen and oxygen atoms in total. The van der Waals surface area contributed by atoms with Crippen LogP contribution in [-0.4, -0.2) is 10.5 Å². The standard InChI is InChI=1S/C20H23BrN2O/c21-17-7-5-16(6-8-17)20(11-12-20)22-19(24)15-3-9-18(10-4-15)23-13-1-2-14-23/h1-2,5-8,13-15,18H,3-4,9-12H2,(H,22,24). The first-order valence-electron chi connectivity index (χ1n) is 8.87. The Hall–Kier alpha value is -1.55. The van der Waals surface area contributed by atoms with Crippen molar-refractivity contribution in [2.45, 2.75) is 50.1 Å². The van der Waals surface area contributed by atoms with E-state index in [1.807, 2.05) is 0 Å². The van der Waals surface area contributed by atoms with Gasteiger partial charge in [0, 0.05) is 28.8 Å². The maximum absolute atomic E-state index is 12.8. The zero-order chi connectivity index (χ0) is 16.6. The fourth-order valence-electron chi connectivity index (χ4n) is 3.95. The summed E-state index contributed by atoms with van der Waals surface area (Å²) in [6, 6.07) is 13.1. The van der Waals surface area contributed by atoms with E-state index in [9.17, 15) is 4.79 Å². The van der Waals surface area contributed by atoms with Gasteiger partial charge in [0.05, 0.1) is 5.54 Å². The van der Waals surface area contributed by atoms with Gasteiger partial charge in [0.25, 0.3) is 0 Å². The molecule has 0 saturated heterocycles. The van der Waals surface area contributed by atoms with Crippen LogP contribution in [0, 0.1) is 5.92 Å². The first-order chi connectivity index (χ1) is 11.7. The van der Waals surface area contributed by atoms with Crippen molar-refractivity contribution in [3.05, 3.63) is 58.8 Å². The van der Waals surface area contributed by atoms with Crippen LogP contribution >= 0.6 is 15.9 Å². The first-order valence-corrected chi connectivity index (χ1v) is 9.66. The monoisotopic (exact) mass is 386 g/mol. The van der Waals surface area contributed by atoms with Crippen LogP contribution in [-0.2, 0) is 10.3 Å². The number of amides is 1. The second-order valence-electron chi connectivity index (χ2n) is 7.21. The number of carbonyl (C=O) groups is 1. The number of benzene rings is 1. The number of carbonyl (C=O) groups excluding carboxylic acids is 1. The smallest absolute Gasteiger partial charge is 0.223 e. The third-order valence-corrected chi connectivity index (χ3v) is 6.15. The van der Waals surface area contributed by atoms with Crippen LogP contribution in [0.5, 0.6) is 0 Å². The molecule has 2 aliphatic carbocycles. The molecular formula is C20H23BrN2O. The molecule has 0 radical (unpaired) electrons. The molecule has 1 aromatic carbocycles. The summed E-state index contributed by atoms with van der Waals surface area (Å²) in [5, 5.41) is 3.36. The Morgan fingerprint density at radius 2 is 1.67 bits per heavy atom. The van der Waals surface area contributed by atoms with Gasteiger partial charge in [-0.1, -0.05) is 28.1 Å². The molecule has 1 amide bonds. The lowest BCUT2D eigenvalue weighted by Crippen LogP contribution is -2.40. The molecule has 0 atom stereocenters.